The van der Waals surface area contributed by atoms with Crippen LogP contribution in [0.4, 0.5) is 37.7 Å². The number of nitrogens with one attached hydrogen (secondary N) is 2. The molecule has 0 aliphatic carbocycles. The number of benzene rings is 2. The van der Waals surface area contributed by atoms with E-state index in [0.29, 0.717) is 34.8 Å². The monoisotopic (exact) mass is 583 g/mol. The van der Waals surface area contributed by atoms with Gasteiger partial charge in [0.15, 0.2) is 0 Å². The Balaban J connectivity index is 1.73. The number of hydrogen-bond acceptors (Lipinski definition) is 5. The summed E-state index contributed by atoms with van der Waals surface area (Å²) >= 11 is 0. The Kier molecular flexibility index (Phi) is 8.59. The molecule has 220 valence electrons. The molecule has 2 aromatic rings. The summed E-state index contributed by atoms with van der Waals surface area (Å²) in [6.45, 7) is 0.540. The second-order valence-electron chi connectivity index (χ2n) is 9.80. The van der Waals surface area contributed by atoms with E-state index in [1.165, 1.54) is 4.90 Å². The van der Waals surface area contributed by atoms with Crippen LogP contribution in [0.3, 0.4) is 0 Å². The molecule has 41 heavy (non-hydrogen) atoms. The molecule has 0 saturated carbocycles. The highest BCUT2D eigenvalue weighted by molar-refractivity contribution is 6.22. The highest BCUT2D eigenvalue weighted by Gasteiger charge is 2.42. The fourth-order valence-corrected chi connectivity index (χ4v) is 5.06. The maximum absolute atomic E-state index is 13.7. The third-order valence-corrected chi connectivity index (χ3v) is 6.96. The van der Waals surface area contributed by atoms with Crippen LogP contribution in [0.25, 0.3) is 0 Å². The number of rotatable bonds is 9. The number of alkyl halides is 6. The molecule has 2 aliphatic rings. The number of carbonyl (C=O) groups excluding carboxylic acids is 3. The Morgan fingerprint density at radius 2 is 1.61 bits per heavy atom. The lowest BCUT2D eigenvalue weighted by molar-refractivity contribution is -0.152. The van der Waals surface area contributed by atoms with Crippen LogP contribution in [-0.2, 0) is 14.4 Å². The van der Waals surface area contributed by atoms with Gasteiger partial charge in [-0.25, -0.2) is 4.99 Å². The minimum absolute atomic E-state index is 0.180. The predicted octanol–water partition coefficient (Wildman–Crippen LogP) is 4.14. The summed E-state index contributed by atoms with van der Waals surface area (Å²) in [5.41, 5.74) is 7.84. The zero-order valence-corrected chi connectivity index (χ0v) is 21.6. The van der Waals surface area contributed by atoms with E-state index in [9.17, 15) is 40.7 Å². The van der Waals surface area contributed by atoms with E-state index < -0.39 is 73.8 Å². The van der Waals surface area contributed by atoms with Crippen LogP contribution in [0, 0.1) is 11.8 Å². The average molecular weight is 584 g/mol. The Morgan fingerprint density at radius 3 is 2.22 bits per heavy atom. The van der Waals surface area contributed by atoms with Gasteiger partial charge in [-0.3, -0.25) is 14.4 Å². The standard InChI is InChI=1S/C27H27F6N5O3/c28-26(29,30)11-9-16(22(34)39)17(10-12-27(31,32)33)24(40)37-23-25(41)38-14-13-35-19-8-4-7-18(21(19)38)20(36-23)15-5-2-1-3-6-15/h1-8,16-17,23,35H,9-14H2,(H2,34,39)(H,37,40)/t16-,17+,23-/m1/s1. The third kappa shape index (κ3) is 7.16. The van der Waals surface area contributed by atoms with Crippen molar-refractivity contribution < 1.29 is 40.7 Å². The average Bonchev–Trinajstić information content (AvgIpc) is 3.01. The van der Waals surface area contributed by atoms with E-state index in [4.69, 9.17) is 5.73 Å². The van der Waals surface area contributed by atoms with E-state index in [0.717, 1.165) is 0 Å². The normalized spacial score (nSPS) is 18.4. The molecule has 3 atom stereocenters. The van der Waals surface area contributed by atoms with Crippen LogP contribution in [0.15, 0.2) is 53.5 Å². The van der Waals surface area contributed by atoms with Gasteiger partial charge in [0, 0.05) is 48.9 Å². The summed E-state index contributed by atoms with van der Waals surface area (Å²) in [5.74, 6) is -7.02. The maximum atomic E-state index is 13.7. The first-order valence-electron chi connectivity index (χ1n) is 12.8. The molecule has 4 N–H and O–H groups in total. The number of anilines is 2. The molecular formula is C27H27F6N5O3. The second kappa shape index (κ2) is 11.8. The molecule has 0 saturated heterocycles. The van der Waals surface area contributed by atoms with Gasteiger partial charge >= 0.3 is 12.4 Å². The number of aliphatic imine (C=N–C) groups is 1. The number of nitrogens with two attached hydrogens (primary N) is 1. The molecule has 2 aromatic carbocycles. The molecule has 0 spiro atoms. The molecule has 4 rings (SSSR count). The molecule has 14 heteroatoms. The van der Waals surface area contributed by atoms with Gasteiger partial charge in [-0.1, -0.05) is 42.5 Å². The van der Waals surface area contributed by atoms with E-state index in [1.54, 1.807) is 48.5 Å². The van der Waals surface area contributed by atoms with Crippen LogP contribution >= 0.6 is 0 Å². The first-order valence-corrected chi connectivity index (χ1v) is 12.8. The number of amides is 3. The number of para-hydroxylation sites is 1. The van der Waals surface area contributed by atoms with Gasteiger partial charge in [0.05, 0.1) is 17.1 Å². The minimum atomic E-state index is -4.76. The predicted molar refractivity (Wildman–Crippen MR) is 138 cm³/mol. The lowest BCUT2D eigenvalue weighted by Gasteiger charge is -2.32. The fourth-order valence-electron chi connectivity index (χ4n) is 5.06. The van der Waals surface area contributed by atoms with Gasteiger partial charge < -0.3 is 21.3 Å². The topological polar surface area (TPSA) is 117 Å². The Hall–Kier alpha value is -4.10. The lowest BCUT2D eigenvalue weighted by atomic mass is 9.83. The second-order valence-corrected chi connectivity index (χ2v) is 9.80. The van der Waals surface area contributed by atoms with Crippen molar-refractivity contribution in [3.63, 3.8) is 0 Å². The van der Waals surface area contributed by atoms with Gasteiger partial charge in [-0.2, -0.15) is 26.3 Å². The van der Waals surface area contributed by atoms with Crippen LogP contribution < -0.4 is 21.3 Å². The highest BCUT2D eigenvalue weighted by atomic mass is 19.4. The molecule has 2 aliphatic heterocycles. The largest absolute Gasteiger partial charge is 0.389 e. The van der Waals surface area contributed by atoms with Crippen molar-refractivity contribution in [2.45, 2.75) is 44.2 Å². The third-order valence-electron chi connectivity index (χ3n) is 6.96. The van der Waals surface area contributed by atoms with E-state index in [-0.39, 0.29) is 6.54 Å². The summed E-state index contributed by atoms with van der Waals surface area (Å²) in [6, 6.07) is 13.9. The van der Waals surface area contributed by atoms with Crippen molar-refractivity contribution in [1.29, 1.82) is 0 Å². The van der Waals surface area contributed by atoms with Crippen molar-refractivity contribution in [3.8, 4) is 0 Å². The molecule has 0 unspecified atom stereocenters. The van der Waals surface area contributed by atoms with Crippen LogP contribution in [0.2, 0.25) is 0 Å². The van der Waals surface area contributed by atoms with E-state index in [2.05, 4.69) is 15.6 Å². The Bertz CT molecular complexity index is 1330. The zero-order chi connectivity index (χ0) is 29.9. The summed E-state index contributed by atoms with van der Waals surface area (Å²) in [6.07, 6.45) is -16.2. The number of primary amides is 1. The Morgan fingerprint density at radius 1 is 0.976 bits per heavy atom. The number of hydrogen-bond donors (Lipinski definition) is 3. The van der Waals surface area contributed by atoms with Crippen LogP contribution in [0.1, 0.15) is 36.8 Å². The molecule has 0 radical (unpaired) electrons. The lowest BCUT2D eigenvalue weighted by Crippen LogP contribution is -2.52. The summed E-state index contributed by atoms with van der Waals surface area (Å²) in [4.78, 5) is 45.1. The van der Waals surface area contributed by atoms with E-state index in [1.807, 2.05) is 0 Å². The first-order chi connectivity index (χ1) is 19.2. The van der Waals surface area contributed by atoms with E-state index >= 15 is 0 Å². The smallest absolute Gasteiger partial charge is 0.382 e. The van der Waals surface area contributed by atoms with Gasteiger partial charge in [0.25, 0.3) is 5.91 Å². The maximum Gasteiger partial charge on any atom is 0.389 e. The highest BCUT2D eigenvalue weighted by Crippen LogP contribution is 2.37. The van der Waals surface area contributed by atoms with Gasteiger partial charge in [-0.15, -0.1) is 0 Å². The molecule has 8 nitrogen and oxygen atoms in total. The molecular weight excluding hydrogens is 556 g/mol. The summed E-state index contributed by atoms with van der Waals surface area (Å²) in [5, 5.41) is 5.52. The number of nitrogens with zero attached hydrogens (tertiary/aromatic N) is 2. The Labute approximate surface area is 231 Å². The van der Waals surface area contributed by atoms with Crippen molar-refractivity contribution in [1.82, 2.24) is 5.32 Å². The molecule has 0 aromatic heterocycles. The molecule has 2 heterocycles. The number of carbonyl (C=O) groups is 3. The van der Waals surface area contributed by atoms with Crippen molar-refractivity contribution in [2.75, 3.05) is 23.3 Å². The van der Waals surface area contributed by atoms with Crippen molar-refractivity contribution in [2.24, 2.45) is 22.6 Å². The van der Waals surface area contributed by atoms with Crippen LogP contribution in [-0.4, -0.2) is 55.0 Å². The van der Waals surface area contributed by atoms with Gasteiger partial charge in [0.1, 0.15) is 0 Å². The van der Waals surface area contributed by atoms with Crippen molar-refractivity contribution in [3.05, 3.63) is 59.7 Å². The van der Waals surface area contributed by atoms with Gasteiger partial charge in [-0.05, 0) is 18.9 Å². The molecule has 0 fully saturated rings. The molecule has 0 bridgehead atoms. The quantitative estimate of drug-likeness (QED) is 0.385. The molecule has 3 amide bonds. The summed E-state index contributed by atoms with van der Waals surface area (Å²) < 4.78 is 78.1. The number of halogens is 6. The SMILES string of the molecule is NC(=O)[C@H](CCC(F)(F)F)[C@H](CCC(F)(F)F)C(=O)N[C@H]1N=C(c2ccccc2)c2cccc3c2N(CCN3)C1=O. The van der Waals surface area contributed by atoms with Crippen molar-refractivity contribution >= 4 is 34.8 Å². The first kappa shape index (κ1) is 29.9. The van der Waals surface area contributed by atoms with Crippen LogP contribution in [0.5, 0.6) is 0 Å². The minimum Gasteiger partial charge on any atom is -0.382 e. The van der Waals surface area contributed by atoms with Gasteiger partial charge in [0.2, 0.25) is 18.0 Å². The summed E-state index contributed by atoms with van der Waals surface area (Å²) in [7, 11) is 0. The fraction of sp³-hybridized carbons (Fsp3) is 0.407. The zero-order valence-electron chi connectivity index (χ0n) is 21.6.